The molecule has 3 N–H and O–H groups in total. The van der Waals surface area contributed by atoms with Gasteiger partial charge in [-0.05, 0) is 55.2 Å². The van der Waals surface area contributed by atoms with Crippen molar-refractivity contribution in [3.8, 4) is 11.3 Å². The van der Waals surface area contributed by atoms with Crippen LogP contribution < -0.4 is 16.2 Å². The SMILES string of the molecule is Cc1cc(COC(=O)Nc2ccc(-c3ccccc3)n(CC(=O)NC(C(C)C)C(O)C(F)(F)F)c2=O)cc(C)n1. The van der Waals surface area contributed by atoms with Crippen molar-refractivity contribution < 1.29 is 32.6 Å². The normalized spacial score (nSPS) is 13.0. The van der Waals surface area contributed by atoms with E-state index in [0.717, 1.165) is 16.0 Å². The maximum absolute atomic E-state index is 13.4. The molecule has 0 radical (unpaired) electrons. The molecule has 3 aromatic rings. The van der Waals surface area contributed by atoms with Gasteiger partial charge < -0.3 is 15.2 Å². The van der Waals surface area contributed by atoms with Gasteiger partial charge in [-0.2, -0.15) is 13.2 Å². The highest BCUT2D eigenvalue weighted by atomic mass is 19.4. The molecule has 9 nitrogen and oxygen atoms in total. The highest BCUT2D eigenvalue weighted by molar-refractivity contribution is 5.85. The van der Waals surface area contributed by atoms with E-state index in [1.165, 1.54) is 26.0 Å². The first-order valence-corrected chi connectivity index (χ1v) is 12.5. The number of pyridine rings is 2. The van der Waals surface area contributed by atoms with E-state index in [1.54, 1.807) is 56.3 Å². The van der Waals surface area contributed by atoms with Gasteiger partial charge in [0.05, 0.1) is 11.7 Å². The Balaban J connectivity index is 1.86. The van der Waals surface area contributed by atoms with Gasteiger partial charge in [-0.25, -0.2) is 4.79 Å². The Kier molecular flexibility index (Phi) is 9.69. The van der Waals surface area contributed by atoms with Gasteiger partial charge in [0.15, 0.2) is 6.10 Å². The van der Waals surface area contributed by atoms with Crippen LogP contribution in [0.3, 0.4) is 0 Å². The number of benzene rings is 1. The monoisotopic (exact) mass is 560 g/mol. The number of ether oxygens (including phenoxy) is 1. The van der Waals surface area contributed by atoms with Gasteiger partial charge in [-0.1, -0.05) is 44.2 Å². The molecule has 0 aliphatic carbocycles. The molecule has 214 valence electrons. The van der Waals surface area contributed by atoms with Crippen molar-refractivity contribution >= 4 is 17.7 Å². The minimum atomic E-state index is -4.95. The number of halogens is 3. The van der Waals surface area contributed by atoms with E-state index < -0.39 is 48.3 Å². The topological polar surface area (TPSA) is 123 Å². The Morgan fingerprint density at radius 2 is 1.68 bits per heavy atom. The number of nitrogens with one attached hydrogen (secondary N) is 2. The predicted molar refractivity (Wildman–Crippen MR) is 142 cm³/mol. The second-order valence-electron chi connectivity index (χ2n) is 9.67. The fourth-order valence-corrected chi connectivity index (χ4v) is 4.18. The van der Waals surface area contributed by atoms with Crippen LogP contribution in [0, 0.1) is 19.8 Å². The van der Waals surface area contributed by atoms with Crippen molar-refractivity contribution in [2.24, 2.45) is 5.92 Å². The first kappa shape index (κ1) is 30.4. The second-order valence-corrected chi connectivity index (χ2v) is 9.67. The average molecular weight is 561 g/mol. The first-order valence-electron chi connectivity index (χ1n) is 12.5. The highest BCUT2D eigenvalue weighted by Crippen LogP contribution is 2.26. The minimum absolute atomic E-state index is 0.0765. The number of aryl methyl sites for hydroxylation is 2. The van der Waals surface area contributed by atoms with E-state index in [-0.39, 0.29) is 12.3 Å². The number of alkyl halides is 3. The highest BCUT2D eigenvalue weighted by Gasteiger charge is 2.45. The number of rotatable bonds is 9. The van der Waals surface area contributed by atoms with Crippen molar-refractivity contribution in [3.05, 3.63) is 81.9 Å². The predicted octanol–water partition coefficient (Wildman–Crippen LogP) is 4.34. The molecule has 2 aromatic heterocycles. The Morgan fingerprint density at radius 3 is 2.25 bits per heavy atom. The van der Waals surface area contributed by atoms with Crippen LogP contribution in [0.1, 0.15) is 30.8 Å². The van der Waals surface area contributed by atoms with Crippen molar-refractivity contribution in [3.63, 3.8) is 0 Å². The van der Waals surface area contributed by atoms with Crippen LogP contribution in [-0.2, 0) is 22.7 Å². The third-order valence-electron chi connectivity index (χ3n) is 6.01. The molecule has 0 bridgehead atoms. The van der Waals surface area contributed by atoms with Crippen LogP contribution in [0.5, 0.6) is 0 Å². The molecule has 12 heteroatoms. The third-order valence-corrected chi connectivity index (χ3v) is 6.01. The summed E-state index contributed by atoms with van der Waals surface area (Å²) in [6.45, 7) is 5.70. The quantitative estimate of drug-likeness (QED) is 0.358. The molecule has 2 unspecified atom stereocenters. The number of aliphatic hydroxyl groups excluding tert-OH is 1. The average Bonchev–Trinajstić information content (AvgIpc) is 2.87. The molecule has 0 aliphatic rings. The summed E-state index contributed by atoms with van der Waals surface area (Å²) < 4.78 is 45.7. The van der Waals surface area contributed by atoms with Crippen molar-refractivity contribution in [2.45, 2.75) is 59.2 Å². The van der Waals surface area contributed by atoms with Gasteiger partial charge in [-0.3, -0.25) is 24.5 Å². The zero-order valence-electron chi connectivity index (χ0n) is 22.5. The summed E-state index contributed by atoms with van der Waals surface area (Å²) in [7, 11) is 0. The molecule has 0 saturated carbocycles. The standard InChI is InChI=1S/C28H31F3N4O5/c1-16(2)24(25(37)28(29,30)31)34-23(36)14-35-22(20-8-6-5-7-9-20)11-10-21(26(35)38)33-27(39)40-15-19-12-17(3)32-18(4)13-19/h5-13,16,24-25,37H,14-15H2,1-4H3,(H,33,39)(H,34,36). The zero-order chi connectivity index (χ0) is 29.6. The lowest BCUT2D eigenvalue weighted by Gasteiger charge is -2.29. The number of amides is 2. The third kappa shape index (κ3) is 7.92. The molecule has 40 heavy (non-hydrogen) atoms. The van der Waals surface area contributed by atoms with Crippen LogP contribution in [0.25, 0.3) is 11.3 Å². The zero-order valence-corrected chi connectivity index (χ0v) is 22.5. The molecule has 1 aromatic carbocycles. The number of aromatic nitrogens is 2. The van der Waals surface area contributed by atoms with E-state index in [9.17, 15) is 32.7 Å². The molecule has 2 atom stereocenters. The number of carbonyl (C=O) groups is 2. The lowest BCUT2D eigenvalue weighted by molar-refractivity contribution is -0.215. The van der Waals surface area contributed by atoms with E-state index in [4.69, 9.17) is 4.74 Å². The van der Waals surface area contributed by atoms with Crippen LogP contribution in [0.15, 0.2) is 59.4 Å². The van der Waals surface area contributed by atoms with Crippen LogP contribution in [-0.4, -0.2) is 45.0 Å². The Labute approximate surface area is 229 Å². The molecular weight excluding hydrogens is 529 g/mol. The van der Waals surface area contributed by atoms with E-state index in [1.807, 2.05) is 0 Å². The minimum Gasteiger partial charge on any atom is -0.444 e. The molecule has 3 rings (SSSR count). The number of hydrogen-bond donors (Lipinski definition) is 3. The summed E-state index contributed by atoms with van der Waals surface area (Å²) in [5, 5.41) is 14.3. The molecule has 0 saturated heterocycles. The van der Waals surface area contributed by atoms with Crippen molar-refractivity contribution in [2.75, 3.05) is 5.32 Å². The van der Waals surface area contributed by atoms with Crippen LogP contribution in [0.4, 0.5) is 23.7 Å². The molecule has 2 amide bonds. The Bertz CT molecular complexity index is 1390. The maximum atomic E-state index is 13.4. The lowest BCUT2D eigenvalue weighted by atomic mass is 9.98. The summed E-state index contributed by atoms with van der Waals surface area (Å²) in [5.41, 5.74) is 2.07. The molecule has 0 fully saturated rings. The Morgan fingerprint density at radius 1 is 1.05 bits per heavy atom. The number of nitrogens with zero attached hydrogens (tertiary/aromatic N) is 2. The van der Waals surface area contributed by atoms with Crippen LogP contribution >= 0.6 is 0 Å². The molecule has 0 spiro atoms. The number of aliphatic hydroxyl groups is 1. The summed E-state index contributed by atoms with van der Waals surface area (Å²) in [4.78, 5) is 43.0. The van der Waals surface area contributed by atoms with E-state index in [2.05, 4.69) is 15.6 Å². The summed E-state index contributed by atoms with van der Waals surface area (Å²) >= 11 is 0. The lowest BCUT2D eigenvalue weighted by Crippen LogP contribution is -2.53. The Hall–Kier alpha value is -4.19. The van der Waals surface area contributed by atoms with Crippen molar-refractivity contribution in [1.82, 2.24) is 14.9 Å². The fourth-order valence-electron chi connectivity index (χ4n) is 4.18. The molecule has 2 heterocycles. The number of carbonyl (C=O) groups excluding carboxylic acids is 2. The summed E-state index contributed by atoms with van der Waals surface area (Å²) in [6.07, 6.45) is -8.66. The van der Waals surface area contributed by atoms with Crippen molar-refractivity contribution in [1.29, 1.82) is 0 Å². The smallest absolute Gasteiger partial charge is 0.416 e. The van der Waals surface area contributed by atoms with Gasteiger partial charge >= 0.3 is 12.3 Å². The van der Waals surface area contributed by atoms with E-state index >= 15 is 0 Å². The maximum Gasteiger partial charge on any atom is 0.416 e. The number of hydrogen-bond acceptors (Lipinski definition) is 6. The van der Waals surface area contributed by atoms with Gasteiger partial charge in [0, 0.05) is 11.4 Å². The second kappa shape index (κ2) is 12.8. The molecular formula is C28H31F3N4O5. The van der Waals surface area contributed by atoms with Gasteiger partial charge in [-0.15, -0.1) is 0 Å². The summed E-state index contributed by atoms with van der Waals surface area (Å²) in [5.74, 6) is -1.69. The van der Waals surface area contributed by atoms with E-state index in [0.29, 0.717) is 16.8 Å². The van der Waals surface area contributed by atoms with Crippen LogP contribution in [0.2, 0.25) is 0 Å². The molecule has 0 aliphatic heterocycles. The summed E-state index contributed by atoms with van der Waals surface area (Å²) in [6, 6.07) is 13.3. The first-order chi connectivity index (χ1) is 18.8. The van der Waals surface area contributed by atoms with Gasteiger partial charge in [0.2, 0.25) is 5.91 Å². The fraction of sp³-hybridized carbons (Fsp3) is 0.357. The van der Waals surface area contributed by atoms with Gasteiger partial charge in [0.25, 0.3) is 5.56 Å². The van der Waals surface area contributed by atoms with Gasteiger partial charge in [0.1, 0.15) is 18.8 Å². The number of anilines is 1. The largest absolute Gasteiger partial charge is 0.444 e.